The quantitative estimate of drug-likeness (QED) is 0.285. The van der Waals surface area contributed by atoms with Gasteiger partial charge in [-0.3, -0.25) is 24.2 Å². The number of halogens is 6. The Hall–Kier alpha value is -4.47. The normalized spacial score (nSPS) is 24.6. The van der Waals surface area contributed by atoms with Crippen LogP contribution < -0.4 is 16.0 Å². The lowest BCUT2D eigenvalue weighted by atomic mass is 9.83. The highest BCUT2D eigenvalue weighted by Crippen LogP contribution is 2.48. The van der Waals surface area contributed by atoms with Gasteiger partial charge in [-0.15, -0.1) is 0 Å². The molecular formula is C36H38F6N8O2. The molecule has 3 N–H and O–H groups in total. The Labute approximate surface area is 295 Å². The first-order chi connectivity index (χ1) is 24.5. The Morgan fingerprint density at radius 3 is 2.42 bits per heavy atom. The molecule has 0 bridgehead atoms. The van der Waals surface area contributed by atoms with Crippen molar-refractivity contribution in [3.8, 4) is 11.1 Å². The number of nitrogens with two attached hydrogens (primary N) is 1. The van der Waals surface area contributed by atoms with Crippen molar-refractivity contribution in [2.24, 2.45) is 10.7 Å². The summed E-state index contributed by atoms with van der Waals surface area (Å²) in [6.45, 7) is 2.78. The summed E-state index contributed by atoms with van der Waals surface area (Å²) in [5.41, 5.74) is 7.34. The second-order valence-corrected chi connectivity index (χ2v) is 15.0. The number of rotatable bonds is 9. The smallest absolute Gasteiger partial charge is 0.368 e. The number of likely N-dealkylation sites (tertiary alicyclic amines) is 1. The Kier molecular flexibility index (Phi) is 8.01. The summed E-state index contributed by atoms with van der Waals surface area (Å²) in [5.74, 6) is -4.16. The molecule has 1 aromatic carbocycles. The van der Waals surface area contributed by atoms with Crippen molar-refractivity contribution in [2.45, 2.75) is 101 Å². The Morgan fingerprint density at radius 1 is 1.10 bits per heavy atom. The molecule has 3 aromatic rings. The second-order valence-electron chi connectivity index (χ2n) is 15.0. The molecule has 0 unspecified atom stereocenters. The van der Waals surface area contributed by atoms with Gasteiger partial charge in [0.05, 0.1) is 30.2 Å². The van der Waals surface area contributed by atoms with E-state index in [-0.39, 0.29) is 73.4 Å². The molecule has 16 heteroatoms. The predicted molar refractivity (Wildman–Crippen MR) is 178 cm³/mol. The van der Waals surface area contributed by atoms with E-state index < -0.39 is 48.1 Å². The number of aliphatic imine (C=N–C) groups is 1. The first-order valence-electron chi connectivity index (χ1n) is 17.6. The minimum Gasteiger partial charge on any atom is -0.368 e. The van der Waals surface area contributed by atoms with Gasteiger partial charge in [-0.2, -0.15) is 18.3 Å². The molecule has 0 radical (unpaired) electrons. The number of piperidine rings is 1. The molecule has 5 heterocycles. The lowest BCUT2D eigenvalue weighted by Gasteiger charge is -2.44. The molecule has 2 atom stereocenters. The van der Waals surface area contributed by atoms with E-state index in [1.165, 1.54) is 17.0 Å². The van der Waals surface area contributed by atoms with E-state index in [1.54, 1.807) is 11.6 Å². The number of carbonyl (C=O) groups is 2. The number of aromatic nitrogens is 3. The number of nitrogens with one attached hydrogen (secondary N) is 1. The molecule has 5 aliphatic rings. The summed E-state index contributed by atoms with van der Waals surface area (Å²) in [5, 5.41) is 7.40. The largest absolute Gasteiger partial charge is 0.433 e. The summed E-state index contributed by atoms with van der Waals surface area (Å²) in [6, 6.07) is 5.08. The zero-order valence-corrected chi connectivity index (χ0v) is 28.7. The minimum atomic E-state index is -4.61. The number of alkyl halides is 5. The van der Waals surface area contributed by atoms with Crippen LogP contribution in [0.2, 0.25) is 0 Å². The second kappa shape index (κ2) is 12.0. The van der Waals surface area contributed by atoms with Crippen LogP contribution in [0.4, 0.5) is 32.0 Å². The van der Waals surface area contributed by atoms with Crippen molar-refractivity contribution >= 4 is 23.3 Å². The molecule has 2 aromatic heterocycles. The number of primary amides is 1. The van der Waals surface area contributed by atoms with E-state index in [2.05, 4.69) is 15.4 Å². The third-order valence-corrected chi connectivity index (χ3v) is 10.8. The number of pyridine rings is 1. The maximum Gasteiger partial charge on any atom is 0.433 e. The Bertz CT molecular complexity index is 2010. The zero-order chi connectivity index (χ0) is 36.9. The predicted octanol–water partition coefficient (Wildman–Crippen LogP) is 5.41. The van der Waals surface area contributed by atoms with E-state index in [4.69, 9.17) is 10.7 Å². The number of amides is 2. The van der Waals surface area contributed by atoms with Gasteiger partial charge in [0.2, 0.25) is 5.91 Å². The standard InChI is InChI=1S/C36H38F6N8O2/c1-18-13-34(33(52)45-32(46-34)23-7-8-27(36(40,41)42)44-30(23)20-3-4-20)9-10-49(18)26-12-22(11-25(37)24(26)14-48-16-35(38,39)17-48)29-19(2)47-50(15-28(43)51)31(29)21-5-6-21/h7-8,11-12,18,20-21H,3-6,9-10,13-17H2,1-2H3,(H2,43,51)(H,45,46,52)/t18-,34+/m0/s1. The first kappa shape index (κ1) is 34.6. The number of hydrogen-bond acceptors (Lipinski definition) is 7. The van der Waals surface area contributed by atoms with Gasteiger partial charge in [0.25, 0.3) is 11.8 Å². The van der Waals surface area contributed by atoms with Gasteiger partial charge in [-0.1, -0.05) is 0 Å². The molecule has 2 amide bonds. The van der Waals surface area contributed by atoms with Crippen LogP contribution in [-0.2, 0) is 28.9 Å². The number of benzene rings is 1. The molecule has 8 rings (SSSR count). The summed E-state index contributed by atoms with van der Waals surface area (Å²) in [7, 11) is 0. The highest BCUT2D eigenvalue weighted by molar-refractivity contribution is 6.16. The lowest BCUT2D eigenvalue weighted by molar-refractivity contribution is -0.141. The molecular weight excluding hydrogens is 690 g/mol. The fraction of sp³-hybridized carbons (Fsp3) is 0.528. The Morgan fingerprint density at radius 2 is 1.81 bits per heavy atom. The third-order valence-electron chi connectivity index (χ3n) is 10.8. The SMILES string of the molecule is Cc1nn(CC(N)=O)c(C2CC2)c1-c1cc(F)c(CN2CC(F)(F)C2)c(N2CC[C@]3(C[C@@H]2C)N=C(c2ccc(C(F)(F)F)nc2C2CC2)NC3=O)c1. The van der Waals surface area contributed by atoms with Crippen molar-refractivity contribution in [1.29, 1.82) is 0 Å². The number of nitrogens with zero attached hydrogens (tertiary/aromatic N) is 6. The number of anilines is 1. The lowest BCUT2D eigenvalue weighted by Crippen LogP contribution is -2.56. The van der Waals surface area contributed by atoms with Crippen molar-refractivity contribution in [1.82, 2.24) is 25.0 Å². The van der Waals surface area contributed by atoms with Crippen LogP contribution in [0, 0.1) is 12.7 Å². The minimum absolute atomic E-state index is 0.0472. The highest BCUT2D eigenvalue weighted by Gasteiger charge is 2.50. The first-order valence-corrected chi connectivity index (χ1v) is 17.6. The van der Waals surface area contributed by atoms with E-state index in [0.717, 1.165) is 24.6 Å². The number of amidine groups is 1. The van der Waals surface area contributed by atoms with Crippen LogP contribution in [0.15, 0.2) is 29.3 Å². The van der Waals surface area contributed by atoms with Crippen molar-refractivity contribution < 1.29 is 35.9 Å². The number of hydrogen-bond donors (Lipinski definition) is 2. The summed E-state index contributed by atoms with van der Waals surface area (Å²) in [6.07, 6.45) is -1.02. The molecule has 2 saturated heterocycles. The van der Waals surface area contributed by atoms with E-state index in [0.29, 0.717) is 40.9 Å². The van der Waals surface area contributed by atoms with Crippen LogP contribution in [-0.4, -0.2) is 74.5 Å². The summed E-state index contributed by atoms with van der Waals surface area (Å²) >= 11 is 0. The van der Waals surface area contributed by atoms with E-state index >= 15 is 4.39 Å². The van der Waals surface area contributed by atoms with Crippen LogP contribution in [0.1, 0.15) is 91.2 Å². The maximum atomic E-state index is 16.4. The van der Waals surface area contributed by atoms with Crippen LogP contribution >= 0.6 is 0 Å². The number of aryl methyl sites for hydroxylation is 1. The Balaban J connectivity index is 1.14. The highest BCUT2D eigenvalue weighted by atomic mass is 19.4. The molecule has 276 valence electrons. The van der Waals surface area contributed by atoms with Crippen LogP contribution in [0.3, 0.4) is 0 Å². The topological polar surface area (TPSA) is 122 Å². The molecule has 2 saturated carbocycles. The average molecular weight is 729 g/mol. The average Bonchev–Trinajstić information content (AvgIpc) is 3.98. The van der Waals surface area contributed by atoms with Gasteiger partial charge >= 0.3 is 6.18 Å². The zero-order valence-electron chi connectivity index (χ0n) is 28.7. The van der Waals surface area contributed by atoms with Crippen molar-refractivity contribution in [3.05, 3.63) is 64.0 Å². The number of carbonyl (C=O) groups excluding carboxylic acids is 2. The summed E-state index contributed by atoms with van der Waals surface area (Å²) in [4.78, 5) is 37.8. The van der Waals surface area contributed by atoms with Gasteiger partial charge in [0.15, 0.2) is 0 Å². The van der Waals surface area contributed by atoms with Crippen LogP contribution in [0.5, 0.6) is 0 Å². The monoisotopic (exact) mass is 728 g/mol. The molecule has 4 fully saturated rings. The molecule has 3 aliphatic heterocycles. The van der Waals surface area contributed by atoms with Gasteiger partial charge in [0.1, 0.15) is 29.4 Å². The van der Waals surface area contributed by atoms with E-state index in [9.17, 15) is 31.5 Å². The fourth-order valence-electron chi connectivity index (χ4n) is 8.16. The maximum absolute atomic E-state index is 16.4. The van der Waals surface area contributed by atoms with Crippen molar-refractivity contribution in [2.75, 3.05) is 24.5 Å². The molecule has 52 heavy (non-hydrogen) atoms. The van der Waals surface area contributed by atoms with Gasteiger partial charge in [-0.05, 0) is 75.8 Å². The molecule has 1 spiro atoms. The molecule has 10 nitrogen and oxygen atoms in total. The summed E-state index contributed by atoms with van der Waals surface area (Å²) < 4.78 is 86.2. The van der Waals surface area contributed by atoms with E-state index in [1.807, 2.05) is 17.9 Å². The van der Waals surface area contributed by atoms with Gasteiger partial charge in [0, 0.05) is 59.8 Å². The van der Waals surface area contributed by atoms with Crippen LogP contribution in [0.25, 0.3) is 11.1 Å². The van der Waals surface area contributed by atoms with Gasteiger partial charge in [-0.25, -0.2) is 18.2 Å². The third kappa shape index (κ3) is 6.21. The molecule has 2 aliphatic carbocycles. The van der Waals surface area contributed by atoms with Crippen molar-refractivity contribution in [3.63, 3.8) is 0 Å². The van der Waals surface area contributed by atoms with Gasteiger partial charge < -0.3 is 16.0 Å². The fourth-order valence-corrected chi connectivity index (χ4v) is 8.16.